The molecule has 0 unspecified atom stereocenters. The zero-order valence-electron chi connectivity index (χ0n) is 45.2. The summed E-state index contributed by atoms with van der Waals surface area (Å²) in [6, 6.07) is 66.6. The average Bonchev–Trinajstić information content (AvgIpc) is 3.34. The maximum absolute atomic E-state index is 2.60. The van der Waals surface area contributed by atoms with E-state index in [0.29, 0.717) is 0 Å². The summed E-state index contributed by atoms with van der Waals surface area (Å²) in [5.41, 5.74) is 18.0. The van der Waals surface area contributed by atoms with Crippen molar-refractivity contribution in [3.05, 3.63) is 203 Å². The van der Waals surface area contributed by atoms with E-state index in [0.717, 1.165) is 0 Å². The fraction of sp³-hybridized carbons (Fsp3) is 0.250. The highest BCUT2D eigenvalue weighted by Crippen LogP contribution is 2.53. The van der Waals surface area contributed by atoms with Crippen LogP contribution in [0.5, 0.6) is 0 Å². The second-order valence-corrected chi connectivity index (χ2v) is 25.1. The quantitative estimate of drug-likeness (QED) is 0.122. The first kappa shape index (κ1) is 47.3. The van der Waals surface area contributed by atoms with Crippen molar-refractivity contribution in [2.45, 2.75) is 119 Å². The Morgan fingerprint density at radius 1 is 0.222 bits per heavy atom. The Morgan fingerprint density at radius 2 is 0.528 bits per heavy atom. The molecule has 358 valence electrons. The molecule has 0 aromatic heterocycles. The minimum atomic E-state index is -0.0570. The van der Waals surface area contributed by atoms with Crippen molar-refractivity contribution in [1.82, 2.24) is 0 Å². The molecular formula is C72H70. The predicted octanol–water partition coefficient (Wildman–Crippen LogP) is 21.1. The minimum absolute atomic E-state index is 0.0279. The predicted molar refractivity (Wildman–Crippen MR) is 317 cm³/mol. The zero-order valence-corrected chi connectivity index (χ0v) is 45.2. The molecule has 0 spiro atoms. The van der Waals surface area contributed by atoms with E-state index >= 15 is 0 Å². The van der Waals surface area contributed by atoms with Gasteiger partial charge in [-0.1, -0.05) is 229 Å². The van der Waals surface area contributed by atoms with E-state index in [9.17, 15) is 0 Å². The van der Waals surface area contributed by atoms with Gasteiger partial charge in [0.15, 0.2) is 0 Å². The maximum Gasteiger partial charge on any atom is -0.00139 e. The third-order valence-electron chi connectivity index (χ3n) is 16.0. The molecule has 0 saturated carbocycles. The molecule has 0 heterocycles. The first-order valence-corrected chi connectivity index (χ1v) is 26.2. The first-order chi connectivity index (χ1) is 34.1. The van der Waals surface area contributed by atoms with Crippen molar-refractivity contribution in [1.29, 1.82) is 0 Å². The van der Waals surface area contributed by atoms with Crippen LogP contribution in [0.2, 0.25) is 0 Å². The molecule has 0 aliphatic carbocycles. The Kier molecular flexibility index (Phi) is 11.0. The zero-order chi connectivity index (χ0) is 50.8. The molecule has 11 rings (SSSR count). The van der Waals surface area contributed by atoms with Gasteiger partial charge in [-0.15, -0.1) is 0 Å². The number of rotatable bonds is 4. The van der Waals surface area contributed by atoms with Gasteiger partial charge in [0.25, 0.3) is 0 Å². The monoisotopic (exact) mass is 935 g/mol. The summed E-state index contributed by atoms with van der Waals surface area (Å²) in [6.45, 7) is 32.5. The van der Waals surface area contributed by atoms with Crippen molar-refractivity contribution >= 4 is 64.6 Å². The van der Waals surface area contributed by atoms with Crippen LogP contribution in [0, 0.1) is 13.8 Å². The average molecular weight is 935 g/mol. The minimum Gasteiger partial charge on any atom is -0.0616 e. The van der Waals surface area contributed by atoms with Gasteiger partial charge >= 0.3 is 0 Å². The number of fused-ring (bicyclic) bond motifs is 8. The van der Waals surface area contributed by atoms with Gasteiger partial charge in [0.2, 0.25) is 0 Å². The summed E-state index contributed by atoms with van der Waals surface area (Å²) in [7, 11) is 0. The van der Waals surface area contributed by atoms with Gasteiger partial charge in [-0.05, 0) is 202 Å². The smallest absolute Gasteiger partial charge is 0.00139 e. The third kappa shape index (κ3) is 7.90. The van der Waals surface area contributed by atoms with E-state index in [2.05, 4.69) is 267 Å². The van der Waals surface area contributed by atoms with E-state index in [-0.39, 0.29) is 21.7 Å². The summed E-state index contributed by atoms with van der Waals surface area (Å²) in [5.74, 6) is 0. The molecule has 0 atom stereocenters. The van der Waals surface area contributed by atoms with Crippen molar-refractivity contribution in [3.8, 4) is 44.5 Å². The molecule has 0 fully saturated rings. The Labute approximate surface area is 428 Å². The highest BCUT2D eigenvalue weighted by atomic mass is 14.3. The van der Waals surface area contributed by atoms with Gasteiger partial charge in [-0.2, -0.15) is 0 Å². The largest absolute Gasteiger partial charge is 0.0616 e. The number of benzene rings is 11. The molecule has 0 aliphatic heterocycles. The van der Waals surface area contributed by atoms with Crippen LogP contribution in [-0.4, -0.2) is 0 Å². The first-order valence-electron chi connectivity index (χ1n) is 26.2. The third-order valence-corrected chi connectivity index (χ3v) is 16.0. The van der Waals surface area contributed by atoms with Gasteiger partial charge in [0.05, 0.1) is 0 Å². The van der Waals surface area contributed by atoms with Gasteiger partial charge in [0.1, 0.15) is 0 Å². The fourth-order valence-electron chi connectivity index (χ4n) is 11.7. The molecule has 0 bridgehead atoms. The lowest BCUT2D eigenvalue weighted by Crippen LogP contribution is -2.11. The molecule has 0 N–H and O–H groups in total. The summed E-state index contributed by atoms with van der Waals surface area (Å²) >= 11 is 0. The Bertz CT molecular complexity index is 3710. The second kappa shape index (κ2) is 16.8. The van der Waals surface area contributed by atoms with Crippen molar-refractivity contribution in [3.63, 3.8) is 0 Å². The topological polar surface area (TPSA) is 0 Å². The summed E-state index contributed by atoms with van der Waals surface area (Å²) in [4.78, 5) is 0. The Morgan fingerprint density at radius 3 is 0.861 bits per heavy atom. The van der Waals surface area contributed by atoms with Gasteiger partial charge < -0.3 is 0 Å². The molecule has 11 aromatic carbocycles. The van der Waals surface area contributed by atoms with Crippen LogP contribution in [0.4, 0.5) is 0 Å². The molecule has 0 amide bonds. The van der Waals surface area contributed by atoms with Crippen LogP contribution >= 0.6 is 0 Å². The highest BCUT2D eigenvalue weighted by molar-refractivity contribution is 6.31. The van der Waals surface area contributed by atoms with Gasteiger partial charge in [0, 0.05) is 0 Å². The number of aryl methyl sites for hydroxylation is 2. The lowest BCUT2D eigenvalue weighted by Gasteiger charge is -2.26. The van der Waals surface area contributed by atoms with Crippen molar-refractivity contribution in [2.24, 2.45) is 0 Å². The molecule has 11 aromatic rings. The van der Waals surface area contributed by atoms with E-state index in [1.54, 1.807) is 0 Å². The lowest BCUT2D eigenvalue weighted by molar-refractivity contribution is 0.590. The summed E-state index contributed by atoms with van der Waals surface area (Å²) in [5, 5.41) is 15.3. The van der Waals surface area contributed by atoms with E-state index in [1.165, 1.54) is 143 Å². The fourth-order valence-corrected chi connectivity index (χ4v) is 11.7. The second-order valence-electron chi connectivity index (χ2n) is 25.1. The Balaban J connectivity index is 1.42. The van der Waals surface area contributed by atoms with Crippen LogP contribution in [-0.2, 0) is 21.7 Å². The molecule has 0 saturated heterocycles. The van der Waals surface area contributed by atoms with Gasteiger partial charge in [-0.3, -0.25) is 0 Å². The molecular weight excluding hydrogens is 865 g/mol. The van der Waals surface area contributed by atoms with E-state index < -0.39 is 0 Å². The van der Waals surface area contributed by atoms with Crippen LogP contribution in [0.1, 0.15) is 116 Å². The maximum atomic E-state index is 2.60. The number of hydrogen-bond donors (Lipinski definition) is 0. The van der Waals surface area contributed by atoms with Gasteiger partial charge in [-0.25, -0.2) is 0 Å². The summed E-state index contributed by atoms with van der Waals surface area (Å²) in [6.07, 6.45) is 0. The molecule has 0 heteroatoms. The summed E-state index contributed by atoms with van der Waals surface area (Å²) < 4.78 is 0. The highest BCUT2D eigenvalue weighted by Gasteiger charge is 2.28. The lowest BCUT2D eigenvalue weighted by atomic mass is 9.77. The van der Waals surface area contributed by atoms with Crippen LogP contribution in [0.25, 0.3) is 109 Å². The SMILES string of the molecule is Cc1ccc(-c2c(-c3ccc(C(C)(C)C)cc3)c3cc(C(C)(C)C)ccc3c3cc4c(-c5ccc(C)c6ccccc56)c(-c5ccc(C(C)(C)C)cc5)c5cc(C(C)(C)C)ccc5c4cc23)c2ccccc12. The molecule has 0 radical (unpaired) electrons. The van der Waals surface area contributed by atoms with Crippen LogP contribution in [0.3, 0.4) is 0 Å². The van der Waals surface area contributed by atoms with E-state index in [4.69, 9.17) is 0 Å². The van der Waals surface area contributed by atoms with Crippen LogP contribution in [0.15, 0.2) is 170 Å². The van der Waals surface area contributed by atoms with Crippen molar-refractivity contribution in [2.75, 3.05) is 0 Å². The molecule has 0 aliphatic rings. The standard InChI is InChI=1S/C72H70/c1-43-23-35-57(53-21-17-15-19-51(43)53)67-63-41-60-56-38-34-50(72(12,13)14)40-62(56)66(46-27-31-48(32-28-46)70(6,7)8)68(58-36-24-44(2)52-20-16-18-22-54(52)58)64(60)42-59(63)55-37-33-49(71(9,10)11)39-61(55)65(67)45-25-29-47(30-26-45)69(3,4)5/h15-42H,1-14H3. The van der Waals surface area contributed by atoms with Crippen molar-refractivity contribution < 1.29 is 0 Å². The number of hydrogen-bond acceptors (Lipinski definition) is 0. The van der Waals surface area contributed by atoms with Crippen LogP contribution < -0.4 is 0 Å². The van der Waals surface area contributed by atoms with E-state index in [1.807, 2.05) is 0 Å². The molecule has 0 nitrogen and oxygen atoms in total. The Hall–Kier alpha value is -7.02. The normalized spacial score (nSPS) is 12.9. The molecule has 72 heavy (non-hydrogen) atoms.